The summed E-state index contributed by atoms with van der Waals surface area (Å²) in [7, 11) is 0. The fraction of sp³-hybridized carbons (Fsp3) is 0.190. The summed E-state index contributed by atoms with van der Waals surface area (Å²) in [5.74, 6) is -1.17. The van der Waals surface area contributed by atoms with Crippen LogP contribution < -0.4 is 10.1 Å². The summed E-state index contributed by atoms with van der Waals surface area (Å²) in [4.78, 5) is 23.1. The third kappa shape index (κ3) is 5.72. The first-order valence-corrected chi connectivity index (χ1v) is 8.44. The molecule has 2 N–H and O–H groups in total. The molecule has 0 radical (unpaired) electrons. The Morgan fingerprint density at radius 2 is 1.81 bits per heavy atom. The van der Waals surface area contributed by atoms with Gasteiger partial charge in [0, 0.05) is 5.69 Å². The van der Waals surface area contributed by atoms with Gasteiger partial charge in [-0.1, -0.05) is 31.2 Å². The Labute approximate surface area is 157 Å². The summed E-state index contributed by atoms with van der Waals surface area (Å²) in [6.45, 7) is 3.48. The second-order valence-corrected chi connectivity index (χ2v) is 5.84. The minimum atomic E-state index is -1.06. The molecule has 138 valence electrons. The molecule has 0 heterocycles. The van der Waals surface area contributed by atoms with Crippen molar-refractivity contribution in [2.75, 3.05) is 5.32 Å². The Hall–Kier alpha value is -3.59. The standard InChI is InChI=1S/C21H20N2O4/c1-3-15-4-8-18(9-5-15)23-20(24)17(13-22)12-16-6-10-19(11-7-16)27-14(2)21(25)26/h4-12,14H,3H2,1-2H3,(H,23,24)(H,25,26)/b17-12-/t14-/m0/s1. The van der Waals surface area contributed by atoms with Crippen LogP contribution >= 0.6 is 0 Å². The number of hydrogen-bond acceptors (Lipinski definition) is 4. The molecule has 0 bridgehead atoms. The molecule has 2 aromatic carbocycles. The third-order valence-corrected chi connectivity index (χ3v) is 3.84. The maximum atomic E-state index is 12.3. The second kappa shape index (κ2) is 9.20. The first-order chi connectivity index (χ1) is 12.9. The monoisotopic (exact) mass is 364 g/mol. The van der Waals surface area contributed by atoms with Crippen LogP contribution in [0, 0.1) is 11.3 Å². The third-order valence-electron chi connectivity index (χ3n) is 3.84. The van der Waals surface area contributed by atoms with Gasteiger partial charge < -0.3 is 15.2 Å². The van der Waals surface area contributed by atoms with Crippen molar-refractivity contribution in [3.8, 4) is 11.8 Å². The van der Waals surface area contributed by atoms with Crippen molar-refractivity contribution in [1.29, 1.82) is 5.26 Å². The Morgan fingerprint density at radius 1 is 1.19 bits per heavy atom. The van der Waals surface area contributed by atoms with Gasteiger partial charge in [0.25, 0.3) is 5.91 Å². The maximum absolute atomic E-state index is 12.3. The smallest absolute Gasteiger partial charge is 0.344 e. The zero-order valence-corrected chi connectivity index (χ0v) is 15.1. The molecule has 0 saturated heterocycles. The van der Waals surface area contributed by atoms with E-state index in [-0.39, 0.29) is 5.57 Å². The van der Waals surface area contributed by atoms with Gasteiger partial charge in [-0.3, -0.25) is 4.79 Å². The zero-order chi connectivity index (χ0) is 19.8. The molecule has 0 aliphatic rings. The van der Waals surface area contributed by atoms with Crippen molar-refractivity contribution in [3.63, 3.8) is 0 Å². The first-order valence-electron chi connectivity index (χ1n) is 8.44. The Kier molecular flexibility index (Phi) is 6.73. The fourth-order valence-corrected chi connectivity index (χ4v) is 2.23. The SMILES string of the molecule is CCc1ccc(NC(=O)/C(C#N)=C\c2ccc(O[C@@H](C)C(=O)O)cc2)cc1. The van der Waals surface area contributed by atoms with Crippen LogP contribution in [0.15, 0.2) is 54.1 Å². The van der Waals surface area contributed by atoms with Gasteiger partial charge in [0.05, 0.1) is 0 Å². The van der Waals surface area contributed by atoms with E-state index < -0.39 is 18.0 Å². The molecule has 0 aliphatic heterocycles. The van der Waals surface area contributed by atoms with E-state index in [0.29, 0.717) is 17.0 Å². The lowest BCUT2D eigenvalue weighted by Gasteiger charge is -2.10. The van der Waals surface area contributed by atoms with E-state index in [0.717, 1.165) is 12.0 Å². The molecule has 2 rings (SSSR count). The number of nitriles is 1. The number of aryl methyl sites for hydroxylation is 1. The summed E-state index contributed by atoms with van der Waals surface area (Å²) in [6.07, 6.45) is 1.40. The largest absolute Gasteiger partial charge is 0.479 e. The van der Waals surface area contributed by atoms with E-state index >= 15 is 0 Å². The highest BCUT2D eigenvalue weighted by Crippen LogP contribution is 2.17. The number of rotatable bonds is 7. The Bertz CT molecular complexity index is 878. The number of ether oxygens (including phenoxy) is 1. The number of carbonyl (C=O) groups excluding carboxylic acids is 1. The van der Waals surface area contributed by atoms with Gasteiger partial charge in [0.1, 0.15) is 17.4 Å². The Morgan fingerprint density at radius 3 is 2.33 bits per heavy atom. The first kappa shape index (κ1) is 19.7. The lowest BCUT2D eigenvalue weighted by molar-refractivity contribution is -0.144. The van der Waals surface area contributed by atoms with Crippen molar-refractivity contribution < 1.29 is 19.4 Å². The molecule has 0 spiro atoms. The molecular formula is C21H20N2O4. The maximum Gasteiger partial charge on any atom is 0.344 e. The zero-order valence-electron chi connectivity index (χ0n) is 15.1. The minimum absolute atomic E-state index is 0.0397. The average Bonchev–Trinajstić information content (AvgIpc) is 2.67. The topological polar surface area (TPSA) is 99.4 Å². The van der Waals surface area contributed by atoms with Crippen molar-refractivity contribution >= 4 is 23.6 Å². The van der Waals surface area contributed by atoms with Crippen LogP contribution in [0.5, 0.6) is 5.75 Å². The number of nitrogens with one attached hydrogen (secondary N) is 1. The van der Waals surface area contributed by atoms with E-state index in [9.17, 15) is 14.9 Å². The summed E-state index contributed by atoms with van der Waals surface area (Å²) in [5, 5.41) is 20.8. The second-order valence-electron chi connectivity index (χ2n) is 5.84. The van der Waals surface area contributed by atoms with Crippen molar-refractivity contribution in [2.24, 2.45) is 0 Å². The lowest BCUT2D eigenvalue weighted by atomic mass is 10.1. The molecule has 0 fully saturated rings. The molecule has 1 atom stereocenters. The van der Waals surface area contributed by atoms with Gasteiger partial charge in [-0.05, 0) is 54.8 Å². The molecule has 0 unspecified atom stereocenters. The molecule has 0 saturated carbocycles. The van der Waals surface area contributed by atoms with Crippen molar-refractivity contribution in [2.45, 2.75) is 26.4 Å². The van der Waals surface area contributed by atoms with Gasteiger partial charge in [-0.2, -0.15) is 5.26 Å². The minimum Gasteiger partial charge on any atom is -0.479 e. The number of carbonyl (C=O) groups is 2. The van der Waals surface area contributed by atoms with Crippen LogP contribution in [0.25, 0.3) is 6.08 Å². The molecule has 0 aliphatic carbocycles. The van der Waals surface area contributed by atoms with Gasteiger partial charge in [-0.25, -0.2) is 4.79 Å². The van der Waals surface area contributed by atoms with E-state index in [1.54, 1.807) is 36.4 Å². The highest BCUT2D eigenvalue weighted by atomic mass is 16.5. The highest BCUT2D eigenvalue weighted by Gasteiger charge is 2.12. The molecule has 2 aromatic rings. The molecule has 6 nitrogen and oxygen atoms in total. The molecule has 6 heteroatoms. The van der Waals surface area contributed by atoms with Gasteiger partial charge in [-0.15, -0.1) is 0 Å². The summed E-state index contributed by atoms with van der Waals surface area (Å²) >= 11 is 0. The van der Waals surface area contributed by atoms with Crippen molar-refractivity contribution in [1.82, 2.24) is 0 Å². The molecule has 1 amide bonds. The van der Waals surface area contributed by atoms with Gasteiger partial charge in [0.2, 0.25) is 0 Å². The number of carboxylic acid groups (broad SMARTS) is 1. The van der Waals surface area contributed by atoms with E-state index in [4.69, 9.17) is 9.84 Å². The number of aliphatic carboxylic acids is 1. The quantitative estimate of drug-likeness (QED) is 0.577. The molecule has 27 heavy (non-hydrogen) atoms. The summed E-state index contributed by atoms with van der Waals surface area (Å²) < 4.78 is 5.24. The number of nitrogens with zero attached hydrogens (tertiary/aromatic N) is 1. The average molecular weight is 364 g/mol. The van der Waals surface area contributed by atoms with Crippen LogP contribution in [0.3, 0.4) is 0 Å². The number of carboxylic acids is 1. The van der Waals surface area contributed by atoms with Crippen LogP contribution in [0.1, 0.15) is 25.0 Å². The Balaban J connectivity index is 2.08. The number of amides is 1. The molecular weight excluding hydrogens is 344 g/mol. The highest BCUT2D eigenvalue weighted by molar-refractivity contribution is 6.09. The number of benzene rings is 2. The predicted molar refractivity (Wildman–Crippen MR) is 102 cm³/mol. The van der Waals surface area contributed by atoms with Crippen LogP contribution in [-0.4, -0.2) is 23.1 Å². The normalized spacial score (nSPS) is 12.0. The van der Waals surface area contributed by atoms with Crippen LogP contribution in [0.2, 0.25) is 0 Å². The lowest BCUT2D eigenvalue weighted by Crippen LogP contribution is -2.22. The van der Waals surface area contributed by atoms with Gasteiger partial charge >= 0.3 is 5.97 Å². The van der Waals surface area contributed by atoms with E-state index in [1.165, 1.54) is 13.0 Å². The van der Waals surface area contributed by atoms with Crippen molar-refractivity contribution in [3.05, 3.63) is 65.2 Å². The van der Waals surface area contributed by atoms with Gasteiger partial charge in [0.15, 0.2) is 6.10 Å². The van der Waals surface area contributed by atoms with E-state index in [1.807, 2.05) is 25.1 Å². The predicted octanol–water partition coefficient (Wildman–Crippen LogP) is 3.65. The van der Waals surface area contributed by atoms with Crippen LogP contribution in [-0.2, 0) is 16.0 Å². The summed E-state index contributed by atoms with van der Waals surface area (Å²) in [6, 6.07) is 15.8. The van der Waals surface area contributed by atoms with Crippen LogP contribution in [0.4, 0.5) is 5.69 Å². The number of anilines is 1. The molecule has 0 aromatic heterocycles. The van der Waals surface area contributed by atoms with E-state index in [2.05, 4.69) is 5.32 Å². The summed E-state index contributed by atoms with van der Waals surface area (Å²) in [5.41, 5.74) is 2.36. The fourth-order valence-electron chi connectivity index (χ4n) is 2.23. The number of hydrogen-bond donors (Lipinski definition) is 2.